The maximum absolute atomic E-state index is 5.70. The summed E-state index contributed by atoms with van der Waals surface area (Å²) in [5.41, 5.74) is 1.56. The lowest BCUT2D eigenvalue weighted by atomic mass is 9.83. The van der Waals surface area contributed by atoms with Crippen molar-refractivity contribution in [1.82, 2.24) is 10.6 Å². The van der Waals surface area contributed by atoms with Crippen LogP contribution in [0.5, 0.6) is 0 Å². The quantitative estimate of drug-likeness (QED) is 0.388. The van der Waals surface area contributed by atoms with Gasteiger partial charge < -0.3 is 20.1 Å². The molecule has 2 N–H and O–H groups in total. The average molecular weight is 348 g/mol. The lowest BCUT2D eigenvalue weighted by Crippen LogP contribution is -2.44. The molecule has 140 valence electrons. The molecule has 0 saturated heterocycles. The molecule has 5 nitrogen and oxygen atoms in total. The molecule has 0 atom stereocenters. The zero-order chi connectivity index (χ0) is 17.8. The first-order valence-corrected chi connectivity index (χ1v) is 9.33. The Morgan fingerprint density at radius 3 is 2.56 bits per heavy atom. The second kappa shape index (κ2) is 11.1. The van der Waals surface area contributed by atoms with Crippen LogP contribution in [0.4, 0.5) is 0 Å². The molecule has 25 heavy (non-hydrogen) atoms. The van der Waals surface area contributed by atoms with E-state index in [1.54, 1.807) is 7.11 Å². The Labute approximate surface area is 152 Å². The number of aliphatic imine (C=N–C) groups is 1. The molecule has 0 bridgehead atoms. The van der Waals surface area contributed by atoms with Gasteiger partial charge >= 0.3 is 0 Å². The Morgan fingerprint density at radius 2 is 1.88 bits per heavy atom. The van der Waals surface area contributed by atoms with E-state index in [4.69, 9.17) is 9.47 Å². The molecule has 5 heteroatoms. The van der Waals surface area contributed by atoms with Gasteiger partial charge in [0.25, 0.3) is 0 Å². The molecule has 0 unspecified atom stereocenters. The normalized spacial score (nSPS) is 16.8. The third-order valence-corrected chi connectivity index (χ3v) is 5.01. The van der Waals surface area contributed by atoms with Crippen LogP contribution in [0.25, 0.3) is 0 Å². The predicted molar refractivity (Wildman–Crippen MR) is 103 cm³/mol. The minimum absolute atomic E-state index is 0.359. The van der Waals surface area contributed by atoms with Crippen LogP contribution in [0, 0.1) is 5.41 Å². The van der Waals surface area contributed by atoms with Gasteiger partial charge in [-0.25, -0.2) is 0 Å². The van der Waals surface area contributed by atoms with Crippen molar-refractivity contribution in [3.05, 3.63) is 35.9 Å². The number of nitrogens with one attached hydrogen (secondary N) is 2. The van der Waals surface area contributed by atoms with Crippen LogP contribution in [-0.4, -0.2) is 46.4 Å². The second-order valence-corrected chi connectivity index (χ2v) is 6.84. The average Bonchev–Trinajstić information content (AvgIpc) is 3.12. The van der Waals surface area contributed by atoms with E-state index < -0.39 is 0 Å². The number of hydrogen-bond donors (Lipinski definition) is 2. The molecular formula is C20H33N3O2. The van der Waals surface area contributed by atoms with E-state index in [1.807, 2.05) is 25.2 Å². The first kappa shape index (κ1) is 19.7. The summed E-state index contributed by atoms with van der Waals surface area (Å²) in [4.78, 5) is 4.32. The molecule has 1 fully saturated rings. The fraction of sp³-hybridized carbons (Fsp3) is 0.650. The van der Waals surface area contributed by atoms with Crippen LogP contribution in [0.2, 0.25) is 0 Å². The molecule has 0 radical (unpaired) electrons. The highest BCUT2D eigenvalue weighted by Crippen LogP contribution is 2.40. The van der Waals surface area contributed by atoms with Gasteiger partial charge in [0.2, 0.25) is 0 Å². The van der Waals surface area contributed by atoms with Crippen molar-refractivity contribution in [3.63, 3.8) is 0 Å². The number of ether oxygens (including phenoxy) is 2. The van der Waals surface area contributed by atoms with E-state index in [0.717, 1.165) is 32.1 Å². The van der Waals surface area contributed by atoms with Crippen LogP contribution in [0.15, 0.2) is 35.3 Å². The second-order valence-electron chi connectivity index (χ2n) is 6.84. The zero-order valence-corrected chi connectivity index (χ0v) is 15.7. The van der Waals surface area contributed by atoms with Crippen LogP contribution < -0.4 is 10.6 Å². The molecule has 2 rings (SSSR count). The number of nitrogens with zero attached hydrogens (tertiary/aromatic N) is 1. The lowest BCUT2D eigenvalue weighted by Gasteiger charge is -2.29. The minimum Gasteiger partial charge on any atom is -0.385 e. The van der Waals surface area contributed by atoms with Crippen LogP contribution in [-0.2, 0) is 16.1 Å². The lowest BCUT2D eigenvalue weighted by molar-refractivity contribution is 0.125. The molecule has 1 aromatic carbocycles. The third kappa shape index (κ3) is 7.04. The summed E-state index contributed by atoms with van der Waals surface area (Å²) >= 11 is 0. The van der Waals surface area contributed by atoms with Gasteiger partial charge in [0.1, 0.15) is 0 Å². The molecule has 1 aliphatic carbocycles. The van der Waals surface area contributed by atoms with Crippen LogP contribution in [0.1, 0.15) is 37.7 Å². The van der Waals surface area contributed by atoms with Crippen molar-refractivity contribution in [2.75, 3.05) is 40.5 Å². The topological polar surface area (TPSA) is 54.9 Å². The fourth-order valence-corrected chi connectivity index (χ4v) is 3.46. The molecule has 0 aromatic heterocycles. The first-order chi connectivity index (χ1) is 12.3. The van der Waals surface area contributed by atoms with E-state index in [2.05, 4.69) is 27.8 Å². The monoisotopic (exact) mass is 347 g/mol. The Hall–Kier alpha value is -1.59. The van der Waals surface area contributed by atoms with E-state index in [-0.39, 0.29) is 0 Å². The van der Waals surface area contributed by atoms with E-state index in [0.29, 0.717) is 18.6 Å². The Balaban J connectivity index is 1.64. The van der Waals surface area contributed by atoms with Gasteiger partial charge in [-0.3, -0.25) is 4.99 Å². The number of methoxy groups -OCH3 is 1. The van der Waals surface area contributed by atoms with Crippen LogP contribution in [0.3, 0.4) is 0 Å². The molecule has 0 spiro atoms. The van der Waals surface area contributed by atoms with Gasteiger partial charge in [-0.05, 0) is 30.2 Å². The summed E-state index contributed by atoms with van der Waals surface area (Å²) in [6, 6.07) is 10.2. The largest absolute Gasteiger partial charge is 0.385 e. The predicted octanol–water partition coefficient (Wildman–Crippen LogP) is 2.97. The zero-order valence-electron chi connectivity index (χ0n) is 15.7. The third-order valence-electron chi connectivity index (χ3n) is 5.01. The molecule has 1 aromatic rings. The van der Waals surface area contributed by atoms with Gasteiger partial charge in [-0.2, -0.15) is 0 Å². The van der Waals surface area contributed by atoms with E-state index >= 15 is 0 Å². The molecule has 0 amide bonds. The van der Waals surface area contributed by atoms with Gasteiger partial charge in [0.05, 0.1) is 13.2 Å². The summed E-state index contributed by atoms with van der Waals surface area (Å²) in [5.74, 6) is 0.854. The minimum atomic E-state index is 0.359. The summed E-state index contributed by atoms with van der Waals surface area (Å²) in [7, 11) is 3.60. The maximum Gasteiger partial charge on any atom is 0.191 e. The standard InChI is InChI=1S/C20H33N3O2/c1-21-19(22-13-15-25-16-18-8-4-3-5-9-18)23-17-20(12-14-24-2)10-6-7-11-20/h3-5,8-9H,6-7,10-17H2,1-2H3,(H2,21,22,23). The van der Waals surface area contributed by atoms with Crippen molar-refractivity contribution in [3.8, 4) is 0 Å². The van der Waals surface area contributed by atoms with Crippen molar-refractivity contribution >= 4 is 5.96 Å². The highest BCUT2D eigenvalue weighted by atomic mass is 16.5. The van der Waals surface area contributed by atoms with Crippen molar-refractivity contribution in [2.24, 2.45) is 10.4 Å². The summed E-state index contributed by atoms with van der Waals surface area (Å²) in [6.45, 7) is 3.85. The smallest absolute Gasteiger partial charge is 0.191 e. The number of guanidine groups is 1. The van der Waals surface area contributed by atoms with Gasteiger partial charge in [-0.1, -0.05) is 43.2 Å². The Morgan fingerprint density at radius 1 is 1.12 bits per heavy atom. The Bertz CT molecular complexity index is 499. The van der Waals surface area contributed by atoms with Gasteiger partial charge in [0.15, 0.2) is 5.96 Å². The number of rotatable bonds is 10. The van der Waals surface area contributed by atoms with Crippen molar-refractivity contribution in [2.45, 2.75) is 38.7 Å². The molecule has 0 aliphatic heterocycles. The van der Waals surface area contributed by atoms with Crippen LogP contribution >= 0.6 is 0 Å². The fourth-order valence-electron chi connectivity index (χ4n) is 3.46. The van der Waals surface area contributed by atoms with E-state index in [1.165, 1.54) is 31.2 Å². The summed E-state index contributed by atoms with van der Waals surface area (Å²) < 4.78 is 11.0. The molecule has 1 aliphatic rings. The van der Waals surface area contributed by atoms with Gasteiger partial charge in [0, 0.05) is 33.9 Å². The van der Waals surface area contributed by atoms with Gasteiger partial charge in [-0.15, -0.1) is 0 Å². The molecular weight excluding hydrogens is 314 g/mol. The molecule has 0 heterocycles. The van der Waals surface area contributed by atoms with Crippen molar-refractivity contribution < 1.29 is 9.47 Å². The summed E-state index contributed by atoms with van der Waals surface area (Å²) in [6.07, 6.45) is 6.32. The van der Waals surface area contributed by atoms with E-state index in [9.17, 15) is 0 Å². The Kier molecular flexibility index (Phi) is 8.77. The highest BCUT2D eigenvalue weighted by Gasteiger charge is 2.33. The SMILES string of the molecule is CN=C(NCCOCc1ccccc1)NCC1(CCOC)CCCC1. The number of benzene rings is 1. The number of hydrogen-bond acceptors (Lipinski definition) is 3. The molecule has 1 saturated carbocycles. The maximum atomic E-state index is 5.70. The van der Waals surface area contributed by atoms with Crippen molar-refractivity contribution in [1.29, 1.82) is 0 Å². The summed E-state index contributed by atoms with van der Waals surface area (Å²) in [5, 5.41) is 6.83. The highest BCUT2D eigenvalue weighted by molar-refractivity contribution is 5.79. The first-order valence-electron chi connectivity index (χ1n) is 9.33.